The molecule has 4 heteroatoms. The number of hydrogen-bond acceptors (Lipinski definition) is 2. The molecule has 0 aliphatic carbocycles. The molecule has 2 aromatic heterocycles. The minimum Gasteiger partial charge on any atom is -0.270 e. The van der Waals surface area contributed by atoms with Crippen molar-refractivity contribution in [2.24, 2.45) is 0 Å². The molecule has 2 heterocycles. The molecular weight excluding hydrogens is 206 g/mol. The van der Waals surface area contributed by atoms with Crippen LogP contribution in [0.2, 0.25) is 0 Å². The van der Waals surface area contributed by atoms with Gasteiger partial charge < -0.3 is 0 Å². The van der Waals surface area contributed by atoms with Gasteiger partial charge in [-0.2, -0.15) is 5.10 Å². The van der Waals surface area contributed by atoms with Crippen molar-refractivity contribution in [2.45, 2.75) is 6.92 Å². The maximum atomic E-state index is 4.15. The van der Waals surface area contributed by atoms with Crippen LogP contribution in [0.1, 0.15) is 5.69 Å². The van der Waals surface area contributed by atoms with E-state index in [1.807, 2.05) is 13.0 Å². The molecule has 0 radical (unpaired) electrons. The van der Waals surface area contributed by atoms with Gasteiger partial charge in [-0.1, -0.05) is 0 Å². The number of fused-ring (bicyclic) bond motifs is 1. The Morgan fingerprint density at radius 1 is 1.55 bits per heavy atom. The maximum absolute atomic E-state index is 4.15. The predicted octanol–water partition coefficient (Wildman–Crippen LogP) is 2.03. The zero-order valence-electron chi connectivity index (χ0n) is 5.93. The number of aryl methyl sites for hydroxylation is 1. The van der Waals surface area contributed by atoms with Crippen molar-refractivity contribution in [3.05, 3.63) is 22.6 Å². The number of aromatic nitrogens is 3. The third-order valence-electron chi connectivity index (χ3n) is 1.53. The minimum atomic E-state index is 0.889. The van der Waals surface area contributed by atoms with Gasteiger partial charge in [0.2, 0.25) is 0 Å². The average Bonchev–Trinajstić information content (AvgIpc) is 2.32. The van der Waals surface area contributed by atoms with Crippen LogP contribution in [0.5, 0.6) is 0 Å². The van der Waals surface area contributed by atoms with E-state index in [4.69, 9.17) is 0 Å². The molecule has 0 aliphatic heterocycles. The number of nitrogens with one attached hydrogen (secondary N) is 1. The number of rotatable bonds is 0. The number of nitrogens with zero attached hydrogens (tertiary/aromatic N) is 2. The molecule has 11 heavy (non-hydrogen) atoms. The maximum Gasteiger partial charge on any atom is 0.110 e. The van der Waals surface area contributed by atoms with E-state index in [0.717, 1.165) is 21.2 Å². The summed E-state index contributed by atoms with van der Waals surface area (Å²) in [7, 11) is 0. The average molecular weight is 212 g/mol. The number of pyridine rings is 1. The number of H-pyrrole nitrogens is 1. The first-order chi connectivity index (χ1) is 5.27. The first-order valence-electron chi connectivity index (χ1n) is 3.23. The Kier molecular flexibility index (Phi) is 1.42. The van der Waals surface area contributed by atoms with E-state index >= 15 is 0 Å². The van der Waals surface area contributed by atoms with Gasteiger partial charge in [-0.25, -0.2) is 0 Å². The Labute approximate surface area is 72.0 Å². The number of hydrogen-bond donors (Lipinski definition) is 1. The summed E-state index contributed by atoms with van der Waals surface area (Å²) in [5.41, 5.74) is 1.93. The van der Waals surface area contributed by atoms with E-state index in [2.05, 4.69) is 31.1 Å². The third kappa shape index (κ3) is 1.03. The van der Waals surface area contributed by atoms with E-state index in [-0.39, 0.29) is 0 Å². The highest BCUT2D eigenvalue weighted by Crippen LogP contribution is 2.19. The predicted molar refractivity (Wildman–Crippen MR) is 46.3 cm³/mol. The molecule has 0 saturated heterocycles. The van der Waals surface area contributed by atoms with E-state index in [1.165, 1.54) is 0 Å². The summed E-state index contributed by atoms with van der Waals surface area (Å²) in [5.74, 6) is 0. The molecule has 0 aliphatic rings. The highest BCUT2D eigenvalue weighted by molar-refractivity contribution is 9.10. The highest BCUT2D eigenvalue weighted by atomic mass is 79.9. The second-order valence-electron chi connectivity index (χ2n) is 2.38. The molecule has 0 unspecified atom stereocenters. The summed E-state index contributed by atoms with van der Waals surface area (Å²) in [4.78, 5) is 4.15. The molecule has 56 valence electrons. The van der Waals surface area contributed by atoms with Gasteiger partial charge in [-0.3, -0.25) is 10.1 Å². The summed E-state index contributed by atoms with van der Waals surface area (Å²) in [5, 5.41) is 7.92. The second-order valence-corrected chi connectivity index (χ2v) is 3.17. The van der Waals surface area contributed by atoms with E-state index in [0.29, 0.717) is 0 Å². The molecule has 0 bridgehead atoms. The fourth-order valence-electron chi connectivity index (χ4n) is 0.977. The van der Waals surface area contributed by atoms with Crippen LogP contribution in [0.3, 0.4) is 0 Å². The lowest BCUT2D eigenvalue weighted by Gasteiger charge is -1.89. The highest BCUT2D eigenvalue weighted by Gasteiger charge is 2.01. The van der Waals surface area contributed by atoms with Crippen LogP contribution in [0.4, 0.5) is 0 Å². The van der Waals surface area contributed by atoms with Crippen molar-refractivity contribution < 1.29 is 0 Å². The van der Waals surface area contributed by atoms with Gasteiger partial charge in [0.1, 0.15) is 4.60 Å². The molecule has 0 amide bonds. The Morgan fingerprint density at radius 2 is 2.36 bits per heavy atom. The molecule has 2 aromatic rings. The fourth-order valence-corrected chi connectivity index (χ4v) is 1.37. The Morgan fingerprint density at radius 3 is 3.18 bits per heavy atom. The van der Waals surface area contributed by atoms with Crippen molar-refractivity contribution in [1.29, 1.82) is 0 Å². The first-order valence-corrected chi connectivity index (χ1v) is 4.03. The van der Waals surface area contributed by atoms with Crippen molar-refractivity contribution >= 4 is 26.8 Å². The summed E-state index contributed by atoms with van der Waals surface area (Å²) >= 11 is 3.33. The molecule has 1 N–H and O–H groups in total. The smallest absolute Gasteiger partial charge is 0.110 e. The van der Waals surface area contributed by atoms with Crippen LogP contribution in [0.15, 0.2) is 16.9 Å². The fraction of sp³-hybridized carbons (Fsp3) is 0.143. The molecule has 0 atom stereocenters. The molecule has 0 saturated carbocycles. The minimum absolute atomic E-state index is 0.889. The Balaban J connectivity index is 2.86. The summed E-state index contributed by atoms with van der Waals surface area (Å²) < 4.78 is 0.889. The largest absolute Gasteiger partial charge is 0.270 e. The topological polar surface area (TPSA) is 41.6 Å². The van der Waals surface area contributed by atoms with Crippen molar-refractivity contribution in [2.75, 3.05) is 0 Å². The standard InChI is InChI=1S/C7H6BrN3/c1-4-2-6-5(3-9-4)7(8)11-10-6/h2-3H,1H3,(H,10,11). The SMILES string of the molecule is Cc1cc2n[nH]c(Br)c2cn1. The normalized spacial score (nSPS) is 10.7. The third-order valence-corrected chi connectivity index (χ3v) is 2.13. The lowest BCUT2D eigenvalue weighted by atomic mass is 10.3. The molecule has 2 rings (SSSR count). The molecular formula is C7H6BrN3. The zero-order valence-corrected chi connectivity index (χ0v) is 7.51. The quantitative estimate of drug-likeness (QED) is 0.725. The molecule has 3 nitrogen and oxygen atoms in total. The van der Waals surface area contributed by atoms with Gasteiger partial charge in [-0.05, 0) is 28.9 Å². The van der Waals surface area contributed by atoms with Crippen molar-refractivity contribution in [1.82, 2.24) is 15.2 Å². The van der Waals surface area contributed by atoms with Gasteiger partial charge in [0.05, 0.1) is 10.9 Å². The Hall–Kier alpha value is -0.900. The van der Waals surface area contributed by atoms with Crippen LogP contribution in [-0.4, -0.2) is 15.2 Å². The monoisotopic (exact) mass is 211 g/mol. The molecule has 0 spiro atoms. The zero-order chi connectivity index (χ0) is 7.84. The van der Waals surface area contributed by atoms with Crippen molar-refractivity contribution in [3.63, 3.8) is 0 Å². The van der Waals surface area contributed by atoms with Gasteiger partial charge in [0.25, 0.3) is 0 Å². The lowest BCUT2D eigenvalue weighted by Crippen LogP contribution is -1.78. The van der Waals surface area contributed by atoms with Crippen LogP contribution >= 0.6 is 15.9 Å². The van der Waals surface area contributed by atoms with Crippen molar-refractivity contribution in [3.8, 4) is 0 Å². The first kappa shape index (κ1) is 6.79. The van der Waals surface area contributed by atoms with Crippen LogP contribution in [0.25, 0.3) is 10.9 Å². The molecule has 0 fully saturated rings. The van der Waals surface area contributed by atoms with Gasteiger partial charge in [-0.15, -0.1) is 0 Å². The van der Waals surface area contributed by atoms with E-state index in [1.54, 1.807) is 6.20 Å². The van der Waals surface area contributed by atoms with Gasteiger partial charge >= 0.3 is 0 Å². The lowest BCUT2D eigenvalue weighted by molar-refractivity contribution is 1.09. The van der Waals surface area contributed by atoms with Gasteiger partial charge in [0.15, 0.2) is 0 Å². The van der Waals surface area contributed by atoms with Crippen LogP contribution in [0, 0.1) is 6.92 Å². The number of halogens is 1. The summed E-state index contributed by atoms with van der Waals surface area (Å²) in [6, 6.07) is 1.94. The Bertz CT molecular complexity index is 393. The molecule has 0 aromatic carbocycles. The van der Waals surface area contributed by atoms with Crippen LogP contribution in [-0.2, 0) is 0 Å². The van der Waals surface area contributed by atoms with Gasteiger partial charge in [0, 0.05) is 11.9 Å². The second kappa shape index (κ2) is 2.30. The number of aromatic amines is 1. The van der Waals surface area contributed by atoms with E-state index in [9.17, 15) is 0 Å². The summed E-state index contributed by atoms with van der Waals surface area (Å²) in [6.45, 7) is 1.95. The summed E-state index contributed by atoms with van der Waals surface area (Å²) in [6.07, 6.45) is 1.80. The van der Waals surface area contributed by atoms with E-state index < -0.39 is 0 Å². The van der Waals surface area contributed by atoms with Crippen LogP contribution < -0.4 is 0 Å².